The van der Waals surface area contributed by atoms with Gasteiger partial charge in [0.1, 0.15) is 11.9 Å². The van der Waals surface area contributed by atoms with Gasteiger partial charge in [-0.2, -0.15) is 13.2 Å². The number of halogens is 3. The third-order valence-corrected chi connectivity index (χ3v) is 7.71. The minimum atomic E-state index is -4.58. The number of rotatable bonds is 2. The molecule has 0 aromatic carbocycles. The predicted octanol–water partition coefficient (Wildman–Crippen LogP) is 5.88. The van der Waals surface area contributed by atoms with Crippen molar-refractivity contribution in [3.63, 3.8) is 0 Å². The highest BCUT2D eigenvalue weighted by atomic mass is 19.4. The third-order valence-electron chi connectivity index (χ3n) is 7.71. The molecule has 0 radical (unpaired) electrons. The molecule has 2 aliphatic rings. The molecule has 0 saturated carbocycles. The number of aliphatic imine (C=N–C) groups is 1. The largest absolute Gasteiger partial charge is 0.457 e. The van der Waals surface area contributed by atoms with Crippen LogP contribution in [0.15, 0.2) is 40.1 Å². The average molecular weight is 542 g/mol. The average Bonchev–Trinajstić information content (AvgIpc) is 3.21. The number of aliphatic hydroxyl groups excluding tert-OH is 2. The highest BCUT2D eigenvalue weighted by molar-refractivity contribution is 5.88. The Balaban J connectivity index is 2.49. The first-order valence-corrected chi connectivity index (χ1v) is 13.2. The number of carbonyl (C=O) groups excluding carboxylic acids is 2. The molecule has 5 unspecified atom stereocenters. The summed E-state index contributed by atoms with van der Waals surface area (Å²) in [5, 5.41) is 21.6. The van der Waals surface area contributed by atoms with Crippen LogP contribution >= 0.6 is 0 Å². The van der Waals surface area contributed by atoms with E-state index in [1.165, 1.54) is 20.8 Å². The number of hydrogen-bond acceptors (Lipinski definition) is 6. The van der Waals surface area contributed by atoms with Crippen LogP contribution in [0.1, 0.15) is 80.6 Å². The van der Waals surface area contributed by atoms with E-state index in [0.29, 0.717) is 17.7 Å². The van der Waals surface area contributed by atoms with E-state index in [2.05, 4.69) is 4.99 Å². The summed E-state index contributed by atoms with van der Waals surface area (Å²) < 4.78 is 47.5. The summed E-state index contributed by atoms with van der Waals surface area (Å²) in [6.45, 7) is 11.5. The Bertz CT molecular complexity index is 1010. The van der Waals surface area contributed by atoms with Gasteiger partial charge < -0.3 is 14.9 Å². The molecule has 6 nitrogen and oxygen atoms in total. The second-order valence-electron chi connectivity index (χ2n) is 11.6. The molecule has 2 N–H and O–H groups in total. The molecule has 0 bridgehead atoms. The minimum Gasteiger partial charge on any atom is -0.457 e. The van der Waals surface area contributed by atoms with Gasteiger partial charge in [0.25, 0.3) is 0 Å². The minimum absolute atomic E-state index is 0.209. The third kappa shape index (κ3) is 8.37. The van der Waals surface area contributed by atoms with Crippen molar-refractivity contribution in [2.45, 2.75) is 105 Å². The van der Waals surface area contributed by atoms with Gasteiger partial charge in [-0.3, -0.25) is 14.6 Å². The summed E-state index contributed by atoms with van der Waals surface area (Å²) in [7, 11) is 0. The van der Waals surface area contributed by atoms with Crippen LogP contribution in [-0.2, 0) is 14.3 Å². The lowest BCUT2D eigenvalue weighted by molar-refractivity contribution is -0.154. The normalized spacial score (nSPS) is 34.2. The lowest BCUT2D eigenvalue weighted by atomic mass is 9.72. The standard InChI is InChI=1S/C29H42F3NO5/c1-16-12-18(3)26(36)20(5)27(37)28(6,7)24(34)15-25(35)38-23(11-9-21(13-16)29(30,31)32)17(2)14-22-10-8-19(4)33-22/h9-10,14,16,18,20,23-24,26,34,36H,8,11-13,15H2,1-7H3/b17-14+,21-9+/t16?,18?,20?,23?,24-,26?/m0/s1. The molecular weight excluding hydrogens is 499 g/mol. The summed E-state index contributed by atoms with van der Waals surface area (Å²) in [6.07, 6.45) is -3.52. The lowest BCUT2D eigenvalue weighted by Gasteiger charge is -2.35. The maximum atomic E-state index is 14.0. The Morgan fingerprint density at radius 2 is 1.76 bits per heavy atom. The van der Waals surface area contributed by atoms with Crippen LogP contribution in [0.3, 0.4) is 0 Å². The number of aliphatic hydroxyl groups is 2. The molecule has 2 aliphatic heterocycles. The van der Waals surface area contributed by atoms with Gasteiger partial charge in [-0.05, 0) is 50.2 Å². The van der Waals surface area contributed by atoms with E-state index in [0.717, 1.165) is 11.8 Å². The fourth-order valence-corrected chi connectivity index (χ4v) is 5.12. The zero-order valence-electron chi connectivity index (χ0n) is 23.4. The van der Waals surface area contributed by atoms with Gasteiger partial charge in [0.05, 0.1) is 29.7 Å². The number of cyclic esters (lactones) is 1. The Hall–Kier alpha value is -2.26. The van der Waals surface area contributed by atoms with Crippen LogP contribution in [0, 0.1) is 23.2 Å². The Kier molecular flexibility index (Phi) is 10.7. The fraction of sp³-hybridized carbons (Fsp3) is 0.690. The van der Waals surface area contributed by atoms with Crippen LogP contribution in [0.25, 0.3) is 0 Å². The van der Waals surface area contributed by atoms with Gasteiger partial charge in [0.15, 0.2) is 0 Å². The molecule has 0 spiro atoms. The van der Waals surface area contributed by atoms with E-state index >= 15 is 0 Å². The van der Waals surface area contributed by atoms with Gasteiger partial charge in [-0.15, -0.1) is 0 Å². The number of nitrogens with zero attached hydrogens (tertiary/aromatic N) is 1. The maximum Gasteiger partial charge on any atom is 0.412 e. The quantitative estimate of drug-likeness (QED) is 0.336. The molecule has 9 heteroatoms. The second kappa shape index (κ2) is 12.7. The number of alkyl halides is 3. The number of hydrogen-bond donors (Lipinski definition) is 2. The van der Waals surface area contributed by atoms with Gasteiger partial charge in [-0.1, -0.05) is 46.8 Å². The highest BCUT2D eigenvalue weighted by Gasteiger charge is 2.43. The van der Waals surface area contributed by atoms with Gasteiger partial charge in [0, 0.05) is 30.0 Å². The maximum absolute atomic E-state index is 14.0. The summed E-state index contributed by atoms with van der Waals surface area (Å²) >= 11 is 0. The first-order chi connectivity index (χ1) is 17.4. The van der Waals surface area contributed by atoms with E-state index in [1.807, 2.05) is 13.0 Å². The van der Waals surface area contributed by atoms with Crippen LogP contribution in [-0.4, -0.2) is 52.2 Å². The summed E-state index contributed by atoms with van der Waals surface area (Å²) in [6, 6.07) is 0. The second-order valence-corrected chi connectivity index (χ2v) is 11.6. The molecule has 2 heterocycles. The van der Waals surface area contributed by atoms with Crippen molar-refractivity contribution in [3.05, 3.63) is 35.1 Å². The van der Waals surface area contributed by atoms with Crippen molar-refractivity contribution in [1.29, 1.82) is 0 Å². The van der Waals surface area contributed by atoms with E-state index in [1.54, 1.807) is 26.8 Å². The van der Waals surface area contributed by atoms with Gasteiger partial charge >= 0.3 is 12.1 Å². The predicted molar refractivity (Wildman–Crippen MR) is 140 cm³/mol. The van der Waals surface area contributed by atoms with Gasteiger partial charge in [-0.25, -0.2) is 0 Å². The van der Waals surface area contributed by atoms with E-state index in [9.17, 15) is 33.0 Å². The topological polar surface area (TPSA) is 96.2 Å². The molecule has 6 atom stereocenters. The van der Waals surface area contributed by atoms with Crippen LogP contribution in [0.5, 0.6) is 0 Å². The molecule has 2 rings (SSSR count). The monoisotopic (exact) mass is 541 g/mol. The number of ketones is 1. The number of Topliss-reactive ketones (excluding diaryl/α,β-unsaturated/α-hetero) is 1. The van der Waals surface area contributed by atoms with Crippen molar-refractivity contribution >= 4 is 17.5 Å². The molecule has 0 aromatic rings. The summed E-state index contributed by atoms with van der Waals surface area (Å²) in [4.78, 5) is 30.5. The number of carbonyl (C=O) groups is 2. The van der Waals surface area contributed by atoms with Crippen LogP contribution < -0.4 is 0 Å². The van der Waals surface area contributed by atoms with Crippen molar-refractivity contribution < 1.29 is 37.7 Å². The molecule has 0 fully saturated rings. The van der Waals surface area contributed by atoms with Gasteiger partial charge in [0.2, 0.25) is 0 Å². The number of allylic oxidation sites excluding steroid dienone is 3. The van der Waals surface area contributed by atoms with E-state index in [-0.39, 0.29) is 19.3 Å². The van der Waals surface area contributed by atoms with Crippen molar-refractivity contribution in [2.24, 2.45) is 28.2 Å². The Labute approximate surface area is 223 Å². The van der Waals surface area contributed by atoms with Crippen molar-refractivity contribution in [3.8, 4) is 0 Å². The zero-order valence-corrected chi connectivity index (χ0v) is 23.4. The smallest absolute Gasteiger partial charge is 0.412 e. The zero-order chi connectivity index (χ0) is 29.0. The Morgan fingerprint density at radius 1 is 1.13 bits per heavy atom. The first-order valence-electron chi connectivity index (χ1n) is 13.2. The summed E-state index contributed by atoms with van der Waals surface area (Å²) in [5.74, 6) is -3.03. The molecular formula is C29H42F3NO5. The Morgan fingerprint density at radius 3 is 2.32 bits per heavy atom. The van der Waals surface area contributed by atoms with Crippen molar-refractivity contribution in [2.75, 3.05) is 0 Å². The molecule has 214 valence electrons. The van der Waals surface area contributed by atoms with Crippen LogP contribution in [0.4, 0.5) is 13.2 Å². The highest BCUT2D eigenvalue weighted by Crippen LogP contribution is 2.36. The molecule has 0 aromatic heterocycles. The number of esters is 1. The fourth-order valence-electron chi connectivity index (χ4n) is 5.12. The van der Waals surface area contributed by atoms with Crippen LogP contribution in [0.2, 0.25) is 0 Å². The molecule has 38 heavy (non-hydrogen) atoms. The molecule has 0 saturated heterocycles. The first kappa shape index (κ1) is 32.0. The number of ether oxygens (including phenoxy) is 1. The van der Waals surface area contributed by atoms with E-state index < -0.39 is 71.4 Å². The lowest BCUT2D eigenvalue weighted by Crippen LogP contribution is -2.45. The SMILES string of the molecule is CC1=NC(/C=C(\C)C2C/C=C(/C(F)(F)F)CC(C)CC(C)C(O)C(C)C(=O)C(C)(C)[C@@H](O)CC(=O)O2)=CC1. The van der Waals surface area contributed by atoms with Crippen molar-refractivity contribution in [1.82, 2.24) is 0 Å². The molecule has 0 aliphatic carbocycles. The molecule has 0 amide bonds. The summed E-state index contributed by atoms with van der Waals surface area (Å²) in [5.41, 5.74) is -0.0232. The van der Waals surface area contributed by atoms with E-state index in [4.69, 9.17) is 4.74 Å².